The number of aromatic nitrogens is 2. The van der Waals surface area contributed by atoms with Gasteiger partial charge in [0.05, 0.1) is 36.0 Å². The highest BCUT2D eigenvalue weighted by Crippen LogP contribution is 2.29. The summed E-state index contributed by atoms with van der Waals surface area (Å²) >= 11 is 0. The van der Waals surface area contributed by atoms with E-state index in [0.717, 1.165) is 25.7 Å². The second-order valence-electron chi connectivity index (χ2n) is 9.78. The summed E-state index contributed by atoms with van der Waals surface area (Å²) < 4.78 is 37.1. The Morgan fingerprint density at radius 3 is 2.53 bits per heavy atom. The predicted molar refractivity (Wildman–Crippen MR) is 146 cm³/mol. The van der Waals surface area contributed by atoms with Crippen molar-refractivity contribution in [2.45, 2.75) is 49.7 Å². The molecule has 2 aliphatic rings. The highest BCUT2D eigenvalue weighted by atomic mass is 32.2. The molecule has 0 unspecified atom stereocenters. The van der Waals surface area contributed by atoms with E-state index in [9.17, 15) is 13.2 Å². The molecule has 200 valence electrons. The standard InChI is InChI=1S/C28H32N4O5S/c1-20-18-36-16-15-32(20)26-17-23(19-38(34,35)25-9-5-6-10-25)29-27(31-26)21-11-13-22(14-12-21)30-28(33)37-24-7-3-2-4-8-24/h2-4,7-8,11-14,17,20,25H,5-6,9-10,15-16,18-19H2,1H3,(H,30,33)/t20-/m0/s1. The first-order valence-corrected chi connectivity index (χ1v) is 14.7. The molecule has 1 saturated heterocycles. The molecule has 0 radical (unpaired) electrons. The van der Waals surface area contributed by atoms with E-state index in [1.165, 1.54) is 0 Å². The van der Waals surface area contributed by atoms with Crippen LogP contribution < -0.4 is 15.0 Å². The number of anilines is 2. The SMILES string of the molecule is C[C@H]1COCCN1c1cc(CS(=O)(=O)C2CCCC2)nc(-c2ccc(NC(=O)Oc3ccccc3)cc2)n1. The molecule has 1 atom stereocenters. The fraction of sp³-hybridized carbons (Fsp3) is 0.393. The number of nitrogens with zero attached hydrogens (tertiary/aromatic N) is 3. The van der Waals surface area contributed by atoms with Crippen LogP contribution in [0.1, 0.15) is 38.3 Å². The summed E-state index contributed by atoms with van der Waals surface area (Å²) in [5, 5.41) is 2.41. The first kappa shape index (κ1) is 26.1. The van der Waals surface area contributed by atoms with Gasteiger partial charge in [0.1, 0.15) is 11.6 Å². The summed E-state index contributed by atoms with van der Waals surface area (Å²) in [6.45, 7) is 3.89. The van der Waals surface area contributed by atoms with Gasteiger partial charge in [-0.3, -0.25) is 5.32 Å². The molecule has 9 nitrogen and oxygen atoms in total. The van der Waals surface area contributed by atoms with Crippen LogP contribution in [-0.2, 0) is 20.3 Å². The van der Waals surface area contributed by atoms with E-state index < -0.39 is 15.9 Å². The Labute approximate surface area is 223 Å². The fourth-order valence-electron chi connectivity index (χ4n) is 4.91. The molecule has 1 amide bonds. The van der Waals surface area contributed by atoms with E-state index in [2.05, 4.69) is 22.1 Å². The third-order valence-corrected chi connectivity index (χ3v) is 9.12. The van der Waals surface area contributed by atoms with Gasteiger partial charge in [0, 0.05) is 23.9 Å². The molecule has 0 spiro atoms. The second-order valence-corrected chi connectivity index (χ2v) is 12.1. The van der Waals surface area contributed by atoms with E-state index >= 15 is 0 Å². The first-order chi connectivity index (χ1) is 18.4. The minimum Gasteiger partial charge on any atom is -0.410 e. The van der Waals surface area contributed by atoms with Crippen molar-refractivity contribution in [1.29, 1.82) is 0 Å². The van der Waals surface area contributed by atoms with Crippen molar-refractivity contribution >= 4 is 27.4 Å². The molecular weight excluding hydrogens is 504 g/mol. The molecule has 3 aromatic rings. The number of nitrogens with one attached hydrogen (secondary N) is 1. The molecule has 2 fully saturated rings. The van der Waals surface area contributed by atoms with Crippen molar-refractivity contribution in [3.8, 4) is 17.1 Å². The van der Waals surface area contributed by atoms with Crippen molar-refractivity contribution < 1.29 is 22.7 Å². The highest BCUT2D eigenvalue weighted by molar-refractivity contribution is 7.91. The Bertz CT molecular complexity index is 1360. The summed E-state index contributed by atoms with van der Waals surface area (Å²) in [6.07, 6.45) is 2.75. The van der Waals surface area contributed by atoms with Gasteiger partial charge in [-0.25, -0.2) is 23.2 Å². The zero-order valence-corrected chi connectivity index (χ0v) is 22.2. The van der Waals surface area contributed by atoms with Gasteiger partial charge in [-0.05, 0) is 56.2 Å². The number of hydrogen-bond donors (Lipinski definition) is 1. The van der Waals surface area contributed by atoms with E-state index in [1.54, 1.807) is 54.6 Å². The van der Waals surface area contributed by atoms with E-state index in [4.69, 9.17) is 14.5 Å². The van der Waals surface area contributed by atoms with Crippen LogP contribution in [-0.4, -0.2) is 55.5 Å². The van der Waals surface area contributed by atoms with Crippen LogP contribution >= 0.6 is 0 Å². The molecule has 1 aliphatic carbocycles. The highest BCUT2D eigenvalue weighted by Gasteiger charge is 2.30. The van der Waals surface area contributed by atoms with E-state index in [1.807, 2.05) is 6.07 Å². The maximum absolute atomic E-state index is 13.1. The Kier molecular flexibility index (Phi) is 7.90. The van der Waals surface area contributed by atoms with Gasteiger partial charge < -0.3 is 14.4 Å². The summed E-state index contributed by atoms with van der Waals surface area (Å²) in [5.74, 6) is 1.47. The lowest BCUT2D eigenvalue weighted by molar-refractivity contribution is 0.0985. The van der Waals surface area contributed by atoms with Crippen LogP contribution in [0.15, 0.2) is 60.7 Å². The van der Waals surface area contributed by atoms with Crippen LogP contribution in [0.4, 0.5) is 16.3 Å². The molecular formula is C28H32N4O5S. The van der Waals surface area contributed by atoms with Crippen LogP contribution in [0.25, 0.3) is 11.4 Å². The smallest absolute Gasteiger partial charge is 0.410 e. The molecule has 1 N–H and O–H groups in total. The van der Waals surface area contributed by atoms with Crippen molar-refractivity contribution in [2.75, 3.05) is 30.0 Å². The van der Waals surface area contributed by atoms with Crippen LogP contribution in [0.3, 0.4) is 0 Å². The third kappa shape index (κ3) is 6.31. The van der Waals surface area contributed by atoms with Gasteiger partial charge in [0.15, 0.2) is 15.7 Å². The average molecular weight is 537 g/mol. The van der Waals surface area contributed by atoms with Crippen molar-refractivity contribution in [3.05, 3.63) is 66.4 Å². The summed E-state index contributed by atoms with van der Waals surface area (Å²) in [5.41, 5.74) is 1.76. The van der Waals surface area contributed by atoms with Gasteiger partial charge >= 0.3 is 6.09 Å². The minimum absolute atomic E-state index is 0.105. The zero-order valence-electron chi connectivity index (χ0n) is 21.4. The quantitative estimate of drug-likeness (QED) is 0.457. The number of carbonyl (C=O) groups is 1. The average Bonchev–Trinajstić information content (AvgIpc) is 3.46. The lowest BCUT2D eigenvalue weighted by Gasteiger charge is -2.34. The van der Waals surface area contributed by atoms with Crippen molar-refractivity contribution in [1.82, 2.24) is 9.97 Å². The summed E-state index contributed by atoms with van der Waals surface area (Å²) in [4.78, 5) is 23.8. The molecule has 1 aliphatic heterocycles. The van der Waals surface area contributed by atoms with Crippen molar-refractivity contribution in [2.24, 2.45) is 0 Å². The Hall–Kier alpha value is -3.50. The predicted octanol–water partition coefficient (Wildman–Crippen LogP) is 4.84. The Morgan fingerprint density at radius 2 is 1.82 bits per heavy atom. The normalized spacial score (nSPS) is 18.3. The van der Waals surface area contributed by atoms with Gasteiger partial charge in [-0.1, -0.05) is 31.0 Å². The number of para-hydroxylation sites is 1. The van der Waals surface area contributed by atoms with Crippen LogP contribution in [0.5, 0.6) is 5.75 Å². The molecule has 10 heteroatoms. The third-order valence-electron chi connectivity index (χ3n) is 6.93. The van der Waals surface area contributed by atoms with Crippen molar-refractivity contribution in [3.63, 3.8) is 0 Å². The van der Waals surface area contributed by atoms with Gasteiger partial charge in [-0.15, -0.1) is 0 Å². The molecule has 1 aromatic heterocycles. The Balaban J connectivity index is 1.39. The van der Waals surface area contributed by atoms with Gasteiger partial charge in [0.25, 0.3) is 0 Å². The fourth-order valence-corrected chi connectivity index (χ4v) is 6.76. The molecule has 2 heterocycles. The number of hydrogen-bond acceptors (Lipinski definition) is 8. The monoisotopic (exact) mass is 536 g/mol. The van der Waals surface area contributed by atoms with E-state index in [-0.39, 0.29) is 17.0 Å². The number of carbonyl (C=O) groups excluding carboxylic acids is 1. The lowest BCUT2D eigenvalue weighted by Crippen LogP contribution is -2.44. The van der Waals surface area contributed by atoms with E-state index in [0.29, 0.717) is 54.1 Å². The van der Waals surface area contributed by atoms with Crippen LogP contribution in [0, 0.1) is 0 Å². The maximum atomic E-state index is 13.1. The lowest BCUT2D eigenvalue weighted by atomic mass is 10.2. The largest absolute Gasteiger partial charge is 0.417 e. The summed E-state index contributed by atoms with van der Waals surface area (Å²) in [6, 6.07) is 17.8. The minimum atomic E-state index is -3.31. The number of rotatable bonds is 7. The molecule has 5 rings (SSSR count). The number of amides is 1. The number of sulfone groups is 1. The second kappa shape index (κ2) is 11.5. The molecule has 2 aromatic carbocycles. The summed E-state index contributed by atoms with van der Waals surface area (Å²) in [7, 11) is -3.31. The first-order valence-electron chi connectivity index (χ1n) is 13.0. The molecule has 1 saturated carbocycles. The van der Waals surface area contributed by atoms with Gasteiger partial charge in [-0.2, -0.15) is 0 Å². The number of benzene rings is 2. The maximum Gasteiger partial charge on any atom is 0.417 e. The Morgan fingerprint density at radius 1 is 1.08 bits per heavy atom. The topological polar surface area (TPSA) is 111 Å². The van der Waals surface area contributed by atoms with Gasteiger partial charge in [0.2, 0.25) is 0 Å². The number of ether oxygens (including phenoxy) is 2. The molecule has 38 heavy (non-hydrogen) atoms. The zero-order chi connectivity index (χ0) is 26.5. The van der Waals surface area contributed by atoms with Crippen LogP contribution in [0.2, 0.25) is 0 Å². The molecule has 0 bridgehead atoms. The number of morpholine rings is 1.